The van der Waals surface area contributed by atoms with Crippen LogP contribution in [0.15, 0.2) is 73.1 Å². The zero-order valence-corrected chi connectivity index (χ0v) is 16.9. The molecule has 2 N–H and O–H groups in total. The molecule has 0 saturated heterocycles. The molecule has 6 heteroatoms. The number of imidazole rings is 1. The van der Waals surface area contributed by atoms with Crippen molar-refractivity contribution >= 4 is 22.2 Å². The fraction of sp³-hybridized carbons (Fsp3) is 0.160. The topological polar surface area (TPSA) is 83.1 Å². The summed E-state index contributed by atoms with van der Waals surface area (Å²) in [5.74, 6) is 1.92. The summed E-state index contributed by atoms with van der Waals surface area (Å²) in [6.45, 7) is 0. The Balaban J connectivity index is 1.57. The second-order valence-electron chi connectivity index (χ2n) is 8.13. The molecule has 1 aliphatic carbocycles. The second-order valence-corrected chi connectivity index (χ2v) is 8.13. The van der Waals surface area contributed by atoms with Gasteiger partial charge in [0.2, 0.25) is 11.2 Å². The van der Waals surface area contributed by atoms with Crippen molar-refractivity contribution in [2.24, 2.45) is 0 Å². The van der Waals surface area contributed by atoms with Gasteiger partial charge in [-0.05, 0) is 37.1 Å². The first-order chi connectivity index (χ1) is 15.2. The van der Waals surface area contributed by atoms with Gasteiger partial charge < -0.3 is 10.9 Å². The molecule has 5 aromatic rings. The molecule has 0 spiro atoms. The summed E-state index contributed by atoms with van der Waals surface area (Å²) in [5.41, 5.74) is 10.8. The van der Waals surface area contributed by atoms with Crippen molar-refractivity contribution in [3.8, 4) is 22.5 Å². The van der Waals surface area contributed by atoms with Crippen LogP contribution in [0.1, 0.15) is 31.0 Å². The van der Waals surface area contributed by atoms with E-state index in [1.807, 2.05) is 66.9 Å². The van der Waals surface area contributed by atoms with Crippen LogP contribution in [0.4, 0.5) is 5.82 Å². The number of rotatable bonds is 3. The second kappa shape index (κ2) is 6.80. The van der Waals surface area contributed by atoms with Gasteiger partial charge in [0, 0.05) is 47.0 Å². The van der Waals surface area contributed by atoms with Crippen molar-refractivity contribution in [2.45, 2.75) is 25.2 Å². The maximum atomic E-state index is 13.3. The van der Waals surface area contributed by atoms with Crippen molar-refractivity contribution < 1.29 is 4.73 Å². The number of nitrogens with zero attached hydrogens (tertiary/aromatic N) is 4. The smallest absolute Gasteiger partial charge is 0.224 e. The summed E-state index contributed by atoms with van der Waals surface area (Å²) < 4.78 is 3.07. The summed E-state index contributed by atoms with van der Waals surface area (Å²) in [5, 5.41) is 14.1. The molecule has 152 valence electrons. The molecule has 3 heterocycles. The first-order valence-corrected chi connectivity index (χ1v) is 10.6. The third kappa shape index (κ3) is 2.75. The third-order valence-corrected chi connectivity index (χ3v) is 6.31. The highest BCUT2D eigenvalue weighted by Crippen LogP contribution is 2.39. The van der Waals surface area contributed by atoms with E-state index >= 15 is 0 Å². The lowest BCUT2D eigenvalue weighted by molar-refractivity contribution is -0.565. The van der Waals surface area contributed by atoms with E-state index in [0.717, 1.165) is 51.1 Å². The lowest BCUT2D eigenvalue weighted by Crippen LogP contribution is -2.30. The molecular formula is C25H21N5O. The van der Waals surface area contributed by atoms with Gasteiger partial charge in [-0.1, -0.05) is 30.7 Å². The molecule has 3 aromatic heterocycles. The molecule has 31 heavy (non-hydrogen) atoms. The largest absolute Gasteiger partial charge is 0.618 e. The molecule has 6 nitrogen and oxygen atoms in total. The Hall–Kier alpha value is -3.93. The number of nitrogen functional groups attached to an aromatic ring is 1. The van der Waals surface area contributed by atoms with E-state index in [2.05, 4.69) is 9.38 Å². The van der Waals surface area contributed by atoms with Crippen LogP contribution in [0.3, 0.4) is 0 Å². The summed E-state index contributed by atoms with van der Waals surface area (Å²) in [4.78, 5) is 9.28. The molecule has 0 atom stereocenters. The van der Waals surface area contributed by atoms with E-state index in [4.69, 9.17) is 10.7 Å². The zero-order valence-electron chi connectivity index (χ0n) is 16.9. The van der Waals surface area contributed by atoms with Crippen molar-refractivity contribution in [1.29, 1.82) is 0 Å². The molecule has 0 unspecified atom stereocenters. The summed E-state index contributed by atoms with van der Waals surface area (Å²) in [7, 11) is 0. The van der Waals surface area contributed by atoms with Gasteiger partial charge in [-0.15, -0.1) is 0 Å². The van der Waals surface area contributed by atoms with Crippen molar-refractivity contribution in [3.63, 3.8) is 0 Å². The standard InChI is InChI=1S/C25H21N5O/c26-24-23-22(28-25(18-7-4-8-18)29(23)14-13-27-24)19-10-9-17-11-12-20(30(31)21(17)15-19)16-5-2-1-3-6-16/h1-3,5-6,9-15,18H,4,7-8H2,(H2,26,27). The number of hydrogen-bond donors (Lipinski definition) is 1. The van der Waals surface area contributed by atoms with Crippen molar-refractivity contribution in [2.75, 3.05) is 5.73 Å². The molecule has 1 fully saturated rings. The lowest BCUT2D eigenvalue weighted by atomic mass is 9.85. The summed E-state index contributed by atoms with van der Waals surface area (Å²) >= 11 is 0. The normalized spacial score (nSPS) is 14.2. The first kappa shape index (κ1) is 17.9. The number of hydrogen-bond acceptors (Lipinski definition) is 4. The van der Waals surface area contributed by atoms with Gasteiger partial charge in [-0.25, -0.2) is 9.97 Å². The Morgan fingerprint density at radius 1 is 1.00 bits per heavy atom. The minimum Gasteiger partial charge on any atom is -0.618 e. The van der Waals surface area contributed by atoms with Crippen LogP contribution in [0, 0.1) is 5.21 Å². The number of benzene rings is 2. The van der Waals surface area contributed by atoms with Gasteiger partial charge in [-0.3, -0.25) is 4.40 Å². The van der Waals surface area contributed by atoms with E-state index in [-0.39, 0.29) is 0 Å². The van der Waals surface area contributed by atoms with Crippen molar-refractivity contribution in [3.05, 3.63) is 84.1 Å². The van der Waals surface area contributed by atoms with E-state index < -0.39 is 0 Å². The van der Waals surface area contributed by atoms with Crippen LogP contribution in [0.2, 0.25) is 0 Å². The van der Waals surface area contributed by atoms with Crippen LogP contribution in [0.5, 0.6) is 0 Å². The molecular weight excluding hydrogens is 386 g/mol. The predicted molar refractivity (Wildman–Crippen MR) is 121 cm³/mol. The molecule has 1 saturated carbocycles. The quantitative estimate of drug-likeness (QED) is 0.347. The highest BCUT2D eigenvalue weighted by Gasteiger charge is 2.27. The number of pyridine rings is 1. The number of aromatic nitrogens is 4. The van der Waals surface area contributed by atoms with Gasteiger partial charge in [-0.2, -0.15) is 4.73 Å². The van der Waals surface area contributed by atoms with Gasteiger partial charge in [0.05, 0.1) is 0 Å². The molecule has 0 radical (unpaired) electrons. The molecule has 0 aliphatic heterocycles. The SMILES string of the molecule is Nc1nccn2c(C3CCC3)nc(-c3ccc4ccc(-c5ccccc5)[n+]([O-])c4c3)c12. The Labute approximate surface area is 179 Å². The Morgan fingerprint density at radius 2 is 1.81 bits per heavy atom. The van der Waals surface area contributed by atoms with Gasteiger partial charge in [0.15, 0.2) is 0 Å². The average Bonchev–Trinajstić information content (AvgIpc) is 3.14. The fourth-order valence-corrected chi connectivity index (χ4v) is 4.44. The minimum atomic E-state index is 0.442. The van der Waals surface area contributed by atoms with Crippen molar-refractivity contribution in [1.82, 2.24) is 14.4 Å². The monoisotopic (exact) mass is 407 g/mol. The molecule has 0 amide bonds. The number of fused-ring (bicyclic) bond motifs is 2. The fourth-order valence-electron chi connectivity index (χ4n) is 4.44. The first-order valence-electron chi connectivity index (χ1n) is 10.6. The van der Waals surface area contributed by atoms with E-state index in [9.17, 15) is 5.21 Å². The number of nitrogens with two attached hydrogens (primary N) is 1. The highest BCUT2D eigenvalue weighted by molar-refractivity contribution is 5.90. The third-order valence-electron chi connectivity index (χ3n) is 6.31. The maximum absolute atomic E-state index is 13.3. The summed E-state index contributed by atoms with van der Waals surface area (Å²) in [6, 6.07) is 19.4. The van der Waals surface area contributed by atoms with Gasteiger partial charge in [0.25, 0.3) is 0 Å². The van der Waals surface area contributed by atoms with E-state index in [1.165, 1.54) is 6.42 Å². The molecule has 0 bridgehead atoms. The Kier molecular flexibility index (Phi) is 3.93. The van der Waals surface area contributed by atoms with E-state index in [0.29, 0.717) is 22.9 Å². The lowest BCUT2D eigenvalue weighted by Gasteiger charge is -2.23. The van der Waals surface area contributed by atoms with Gasteiger partial charge >= 0.3 is 0 Å². The average molecular weight is 407 g/mol. The summed E-state index contributed by atoms with van der Waals surface area (Å²) in [6.07, 6.45) is 7.15. The molecule has 1 aliphatic rings. The van der Waals surface area contributed by atoms with Crippen LogP contribution >= 0.6 is 0 Å². The minimum absolute atomic E-state index is 0.442. The maximum Gasteiger partial charge on any atom is 0.224 e. The van der Waals surface area contributed by atoms with E-state index in [1.54, 1.807) is 6.20 Å². The Bertz CT molecular complexity index is 1440. The highest BCUT2D eigenvalue weighted by atomic mass is 16.5. The van der Waals surface area contributed by atoms with Crippen LogP contribution < -0.4 is 10.5 Å². The molecule has 6 rings (SSSR count). The number of anilines is 1. The van der Waals surface area contributed by atoms with Crippen LogP contribution in [0.25, 0.3) is 38.9 Å². The predicted octanol–water partition coefficient (Wildman–Crippen LogP) is 4.70. The Morgan fingerprint density at radius 3 is 2.58 bits per heavy atom. The zero-order chi connectivity index (χ0) is 20.9. The van der Waals surface area contributed by atoms with Gasteiger partial charge in [0.1, 0.15) is 22.9 Å². The molecule has 2 aromatic carbocycles. The van der Waals surface area contributed by atoms with Crippen LogP contribution in [-0.4, -0.2) is 14.4 Å². The van der Waals surface area contributed by atoms with Crippen LogP contribution in [-0.2, 0) is 0 Å².